The smallest absolute Gasteiger partial charge is 0.240 e. The Balaban J connectivity index is 1.96. The van der Waals surface area contributed by atoms with Crippen molar-refractivity contribution in [3.05, 3.63) is 0 Å². The second-order valence-electron chi connectivity index (χ2n) is 6.62. The van der Waals surface area contributed by atoms with Crippen LogP contribution in [0.2, 0.25) is 0 Å². The van der Waals surface area contributed by atoms with Crippen LogP contribution in [0.3, 0.4) is 0 Å². The van der Waals surface area contributed by atoms with E-state index in [0.717, 1.165) is 32.0 Å². The zero-order valence-electron chi connectivity index (χ0n) is 12.6. The van der Waals surface area contributed by atoms with E-state index in [4.69, 9.17) is 5.73 Å². The second kappa shape index (κ2) is 6.23. The van der Waals surface area contributed by atoms with Crippen LogP contribution in [0.25, 0.3) is 0 Å². The van der Waals surface area contributed by atoms with Crippen LogP contribution in [0.4, 0.5) is 0 Å². The lowest BCUT2D eigenvalue weighted by Crippen LogP contribution is -2.55. The molecule has 0 aromatic carbocycles. The number of nitrogens with zero attached hydrogens (tertiary/aromatic N) is 2. The van der Waals surface area contributed by atoms with Crippen LogP contribution in [-0.4, -0.2) is 54.0 Å². The molecule has 2 fully saturated rings. The zero-order chi connectivity index (χ0) is 14.0. The topological polar surface area (TPSA) is 49.6 Å². The molecule has 0 aromatic heterocycles. The molecule has 2 aliphatic rings. The van der Waals surface area contributed by atoms with Crippen molar-refractivity contribution in [1.82, 2.24) is 9.80 Å². The summed E-state index contributed by atoms with van der Waals surface area (Å²) < 4.78 is 0. The standard InChI is InChI=1S/C15H29N3O/c1-11(2)14(16)15(19)18-9-5-4-6-13(18)10-17(3)12-7-8-12/h11-14H,4-10,16H2,1-3H3/t13?,14-/m0/s1. The van der Waals surface area contributed by atoms with E-state index in [-0.39, 0.29) is 17.9 Å². The number of amides is 1. The van der Waals surface area contributed by atoms with Crippen LogP contribution in [0.15, 0.2) is 0 Å². The summed E-state index contributed by atoms with van der Waals surface area (Å²) in [6.45, 7) is 5.96. The quantitative estimate of drug-likeness (QED) is 0.820. The van der Waals surface area contributed by atoms with E-state index in [9.17, 15) is 4.79 Å². The van der Waals surface area contributed by atoms with Crippen molar-refractivity contribution in [2.75, 3.05) is 20.1 Å². The van der Waals surface area contributed by atoms with Crippen molar-refractivity contribution in [1.29, 1.82) is 0 Å². The van der Waals surface area contributed by atoms with Crippen LogP contribution in [-0.2, 0) is 4.79 Å². The third-order valence-corrected chi connectivity index (χ3v) is 4.58. The average molecular weight is 267 g/mol. The number of hydrogen-bond donors (Lipinski definition) is 1. The van der Waals surface area contributed by atoms with Crippen molar-refractivity contribution in [3.63, 3.8) is 0 Å². The van der Waals surface area contributed by atoms with Crippen LogP contribution in [0, 0.1) is 5.92 Å². The van der Waals surface area contributed by atoms with Crippen LogP contribution >= 0.6 is 0 Å². The van der Waals surface area contributed by atoms with Gasteiger partial charge in [-0.05, 0) is 45.1 Å². The second-order valence-corrected chi connectivity index (χ2v) is 6.62. The normalized spacial score (nSPS) is 26.0. The molecule has 1 amide bonds. The van der Waals surface area contributed by atoms with Gasteiger partial charge in [0.1, 0.15) is 0 Å². The highest BCUT2D eigenvalue weighted by molar-refractivity contribution is 5.82. The highest BCUT2D eigenvalue weighted by Gasteiger charge is 2.34. The molecule has 2 N–H and O–H groups in total. The Hall–Kier alpha value is -0.610. The number of rotatable bonds is 5. The molecule has 4 nitrogen and oxygen atoms in total. The molecule has 19 heavy (non-hydrogen) atoms. The van der Waals surface area contributed by atoms with E-state index < -0.39 is 0 Å². The van der Waals surface area contributed by atoms with Crippen LogP contribution in [0.5, 0.6) is 0 Å². The number of nitrogens with two attached hydrogens (primary N) is 1. The lowest BCUT2D eigenvalue weighted by Gasteiger charge is -2.39. The Morgan fingerprint density at radius 1 is 1.32 bits per heavy atom. The fraction of sp³-hybridized carbons (Fsp3) is 0.933. The van der Waals surface area contributed by atoms with Gasteiger partial charge in [0, 0.05) is 25.2 Å². The zero-order valence-corrected chi connectivity index (χ0v) is 12.6. The van der Waals surface area contributed by atoms with Gasteiger partial charge in [-0.3, -0.25) is 4.79 Å². The fourth-order valence-electron chi connectivity index (χ4n) is 2.95. The molecule has 1 aliphatic heterocycles. The van der Waals surface area contributed by atoms with Gasteiger partial charge in [0.25, 0.3) is 0 Å². The molecule has 2 rings (SSSR count). The van der Waals surface area contributed by atoms with Crippen molar-refractivity contribution < 1.29 is 4.79 Å². The lowest BCUT2D eigenvalue weighted by molar-refractivity contribution is -0.137. The maximum Gasteiger partial charge on any atom is 0.240 e. The predicted molar refractivity (Wildman–Crippen MR) is 77.8 cm³/mol. The van der Waals surface area contributed by atoms with Crippen LogP contribution in [0.1, 0.15) is 46.0 Å². The molecule has 1 aliphatic carbocycles. The average Bonchev–Trinajstić information content (AvgIpc) is 3.21. The van der Waals surface area contributed by atoms with E-state index in [2.05, 4.69) is 16.8 Å². The molecule has 0 radical (unpaired) electrons. The van der Waals surface area contributed by atoms with Gasteiger partial charge in [-0.15, -0.1) is 0 Å². The third kappa shape index (κ3) is 3.69. The van der Waals surface area contributed by atoms with Crippen molar-refractivity contribution >= 4 is 5.91 Å². The summed E-state index contributed by atoms with van der Waals surface area (Å²) in [4.78, 5) is 17.0. The third-order valence-electron chi connectivity index (χ3n) is 4.58. The molecule has 110 valence electrons. The Morgan fingerprint density at radius 3 is 2.58 bits per heavy atom. The Morgan fingerprint density at radius 2 is 2.00 bits per heavy atom. The van der Waals surface area contributed by atoms with Crippen LogP contribution < -0.4 is 5.73 Å². The summed E-state index contributed by atoms with van der Waals surface area (Å²) in [5.74, 6) is 0.375. The van der Waals surface area contributed by atoms with Gasteiger partial charge >= 0.3 is 0 Å². The lowest BCUT2D eigenvalue weighted by atomic mass is 9.97. The minimum absolute atomic E-state index is 0.156. The van der Waals surface area contributed by atoms with Gasteiger partial charge in [0.2, 0.25) is 5.91 Å². The summed E-state index contributed by atoms with van der Waals surface area (Å²) in [6, 6.07) is 0.793. The van der Waals surface area contributed by atoms with Gasteiger partial charge < -0.3 is 15.5 Å². The highest BCUT2D eigenvalue weighted by Crippen LogP contribution is 2.27. The predicted octanol–water partition coefficient (Wildman–Crippen LogP) is 1.45. The van der Waals surface area contributed by atoms with Gasteiger partial charge in [-0.2, -0.15) is 0 Å². The molecule has 1 saturated heterocycles. The summed E-state index contributed by atoms with van der Waals surface area (Å²) in [7, 11) is 2.19. The molecular formula is C15H29N3O. The SMILES string of the molecule is CC(C)[C@H](N)C(=O)N1CCCCC1CN(C)C1CC1. The highest BCUT2D eigenvalue weighted by atomic mass is 16.2. The molecule has 1 saturated carbocycles. The number of carbonyl (C=O) groups excluding carboxylic acids is 1. The first kappa shape index (κ1) is 14.8. The minimum atomic E-state index is -0.341. The van der Waals surface area contributed by atoms with E-state index in [1.54, 1.807) is 0 Å². The van der Waals surface area contributed by atoms with Gasteiger partial charge in [0.05, 0.1) is 6.04 Å². The number of likely N-dealkylation sites (tertiary alicyclic amines) is 1. The molecule has 0 spiro atoms. The number of likely N-dealkylation sites (N-methyl/N-ethyl adjacent to an activating group) is 1. The van der Waals surface area contributed by atoms with E-state index in [0.29, 0.717) is 6.04 Å². The van der Waals surface area contributed by atoms with Crippen molar-refractivity contribution in [2.45, 2.75) is 64.1 Å². The van der Waals surface area contributed by atoms with E-state index in [1.807, 2.05) is 13.8 Å². The van der Waals surface area contributed by atoms with Gasteiger partial charge in [-0.1, -0.05) is 13.8 Å². The number of hydrogen-bond acceptors (Lipinski definition) is 3. The summed E-state index contributed by atoms with van der Waals surface area (Å²) in [5, 5.41) is 0. The molecule has 0 aromatic rings. The van der Waals surface area contributed by atoms with E-state index >= 15 is 0 Å². The molecule has 4 heteroatoms. The fourth-order valence-corrected chi connectivity index (χ4v) is 2.95. The largest absolute Gasteiger partial charge is 0.337 e. The van der Waals surface area contributed by atoms with Crippen molar-refractivity contribution in [2.24, 2.45) is 11.7 Å². The number of carbonyl (C=O) groups is 1. The monoisotopic (exact) mass is 267 g/mol. The van der Waals surface area contributed by atoms with Crippen molar-refractivity contribution in [3.8, 4) is 0 Å². The Kier molecular flexibility index (Phi) is 4.85. The first-order chi connectivity index (χ1) is 9.00. The summed E-state index contributed by atoms with van der Waals surface area (Å²) >= 11 is 0. The minimum Gasteiger partial charge on any atom is -0.337 e. The first-order valence-electron chi connectivity index (χ1n) is 7.77. The maximum atomic E-state index is 12.5. The molecule has 0 bridgehead atoms. The molecule has 1 heterocycles. The molecule has 1 unspecified atom stereocenters. The van der Waals surface area contributed by atoms with Gasteiger partial charge in [-0.25, -0.2) is 0 Å². The number of piperidine rings is 1. The Bertz CT molecular complexity index is 315. The van der Waals surface area contributed by atoms with Gasteiger partial charge in [0.15, 0.2) is 0 Å². The molecule has 2 atom stereocenters. The summed E-state index contributed by atoms with van der Waals surface area (Å²) in [6.07, 6.45) is 6.14. The maximum absolute atomic E-state index is 12.5. The van der Waals surface area contributed by atoms with E-state index in [1.165, 1.54) is 19.3 Å². The summed E-state index contributed by atoms with van der Waals surface area (Å²) in [5.41, 5.74) is 6.05. The molecular weight excluding hydrogens is 238 g/mol. The first-order valence-corrected chi connectivity index (χ1v) is 7.77. The Labute approximate surface area is 117 Å².